The minimum Gasteiger partial charge on any atom is -0.485 e. The number of para-hydroxylation sites is 3. The van der Waals surface area contributed by atoms with Crippen LogP contribution in [-0.2, 0) is 6.18 Å². The fraction of sp³-hybridized carbons (Fsp3) is 0.136. The lowest BCUT2D eigenvalue weighted by Crippen LogP contribution is -2.24. The molecule has 0 bridgehead atoms. The number of pyridine rings is 1. The summed E-state index contributed by atoms with van der Waals surface area (Å²) in [6, 6.07) is 19.1. The first-order chi connectivity index (χ1) is 15.5. The predicted molar refractivity (Wildman–Crippen MR) is 110 cm³/mol. The van der Waals surface area contributed by atoms with Crippen LogP contribution >= 0.6 is 11.8 Å². The van der Waals surface area contributed by atoms with E-state index in [9.17, 15) is 13.2 Å². The van der Waals surface area contributed by atoms with Crippen LogP contribution in [0.4, 0.5) is 13.2 Å². The molecule has 0 amide bonds. The van der Waals surface area contributed by atoms with Gasteiger partial charge in [-0.2, -0.15) is 13.2 Å². The molecule has 3 heterocycles. The van der Waals surface area contributed by atoms with E-state index in [1.807, 2.05) is 54.6 Å². The SMILES string of the molecule is FC(F)(F)c1ccc(Sc2nnc([C@@H]3COc4ccccc4O3)n2-c2ccccc2)nc1. The van der Waals surface area contributed by atoms with Crippen molar-refractivity contribution in [2.45, 2.75) is 22.5 Å². The molecule has 1 aliphatic rings. The highest BCUT2D eigenvalue weighted by Gasteiger charge is 2.31. The Balaban J connectivity index is 1.50. The smallest absolute Gasteiger partial charge is 0.417 e. The van der Waals surface area contributed by atoms with Gasteiger partial charge in [0.1, 0.15) is 11.6 Å². The van der Waals surface area contributed by atoms with Gasteiger partial charge in [-0.25, -0.2) is 4.98 Å². The molecule has 2 aromatic carbocycles. The fourth-order valence-electron chi connectivity index (χ4n) is 3.22. The first kappa shape index (κ1) is 20.4. The molecule has 6 nitrogen and oxygen atoms in total. The van der Waals surface area contributed by atoms with Crippen LogP contribution in [0.3, 0.4) is 0 Å². The van der Waals surface area contributed by atoms with Crippen molar-refractivity contribution in [1.82, 2.24) is 19.7 Å². The van der Waals surface area contributed by atoms with Crippen LogP contribution < -0.4 is 9.47 Å². The Morgan fingerprint density at radius 1 is 0.906 bits per heavy atom. The standard InChI is InChI=1S/C22H15F3N4O2S/c23-22(24,25)14-10-11-19(26-12-14)32-21-28-27-20(29(21)15-6-2-1-3-7-15)18-13-30-16-8-4-5-9-17(16)31-18/h1-12,18H,13H2/t18-/m0/s1. The molecule has 10 heteroatoms. The van der Waals surface area contributed by atoms with E-state index in [-0.39, 0.29) is 6.61 Å². The Bertz CT molecular complexity index is 1230. The minimum absolute atomic E-state index is 0.241. The molecule has 0 unspecified atom stereocenters. The first-order valence-electron chi connectivity index (χ1n) is 9.59. The van der Waals surface area contributed by atoms with Gasteiger partial charge in [0.15, 0.2) is 23.4 Å². The maximum absolute atomic E-state index is 12.8. The third-order valence-electron chi connectivity index (χ3n) is 4.73. The summed E-state index contributed by atoms with van der Waals surface area (Å²) in [6.07, 6.45) is -4.16. The highest BCUT2D eigenvalue weighted by molar-refractivity contribution is 7.99. The molecular weight excluding hydrogens is 441 g/mol. The van der Waals surface area contributed by atoms with Crippen LogP contribution in [0.25, 0.3) is 5.69 Å². The number of hydrogen-bond acceptors (Lipinski definition) is 6. The lowest BCUT2D eigenvalue weighted by atomic mass is 10.2. The number of alkyl halides is 3. The van der Waals surface area contributed by atoms with Crippen molar-refractivity contribution in [3.05, 3.63) is 84.3 Å². The molecular formula is C22H15F3N4O2S. The quantitative estimate of drug-likeness (QED) is 0.413. The number of hydrogen-bond donors (Lipinski definition) is 0. The van der Waals surface area contributed by atoms with E-state index in [0.29, 0.717) is 27.5 Å². The number of halogens is 3. The van der Waals surface area contributed by atoms with Crippen LogP contribution in [-0.4, -0.2) is 26.4 Å². The number of aromatic nitrogens is 4. The number of rotatable bonds is 4. The van der Waals surface area contributed by atoms with Crippen LogP contribution in [0.15, 0.2) is 83.1 Å². The maximum atomic E-state index is 12.8. The van der Waals surface area contributed by atoms with Gasteiger partial charge in [-0.05, 0) is 48.2 Å². The molecule has 4 aromatic rings. The van der Waals surface area contributed by atoms with Crippen molar-refractivity contribution in [3.63, 3.8) is 0 Å². The zero-order valence-electron chi connectivity index (χ0n) is 16.4. The van der Waals surface area contributed by atoms with Crippen LogP contribution in [0.1, 0.15) is 17.5 Å². The third-order valence-corrected chi connectivity index (χ3v) is 5.63. The average molecular weight is 456 g/mol. The predicted octanol–water partition coefficient (Wildman–Crippen LogP) is 5.34. The van der Waals surface area contributed by atoms with Gasteiger partial charge >= 0.3 is 6.18 Å². The zero-order valence-corrected chi connectivity index (χ0v) is 17.2. The van der Waals surface area contributed by atoms with Gasteiger partial charge in [-0.1, -0.05) is 30.3 Å². The van der Waals surface area contributed by atoms with E-state index in [1.165, 1.54) is 6.07 Å². The van der Waals surface area contributed by atoms with Crippen LogP contribution in [0.5, 0.6) is 11.5 Å². The maximum Gasteiger partial charge on any atom is 0.417 e. The number of nitrogens with zero attached hydrogens (tertiary/aromatic N) is 4. The van der Waals surface area contributed by atoms with E-state index < -0.39 is 17.8 Å². The molecule has 1 aliphatic heterocycles. The second kappa shape index (κ2) is 8.19. The molecule has 0 saturated carbocycles. The lowest BCUT2D eigenvalue weighted by molar-refractivity contribution is -0.137. The van der Waals surface area contributed by atoms with Crippen molar-refractivity contribution in [1.29, 1.82) is 0 Å². The van der Waals surface area contributed by atoms with Gasteiger partial charge in [0.25, 0.3) is 0 Å². The van der Waals surface area contributed by atoms with Gasteiger partial charge < -0.3 is 9.47 Å². The molecule has 0 fully saturated rings. The number of benzene rings is 2. The monoisotopic (exact) mass is 456 g/mol. The van der Waals surface area contributed by atoms with E-state index in [2.05, 4.69) is 15.2 Å². The van der Waals surface area contributed by atoms with E-state index >= 15 is 0 Å². The first-order valence-corrected chi connectivity index (χ1v) is 10.4. The van der Waals surface area contributed by atoms with Gasteiger partial charge in [0, 0.05) is 11.9 Å². The molecule has 0 spiro atoms. The molecule has 2 aromatic heterocycles. The summed E-state index contributed by atoms with van der Waals surface area (Å²) in [4.78, 5) is 3.93. The van der Waals surface area contributed by atoms with Gasteiger partial charge in [-0.15, -0.1) is 10.2 Å². The molecule has 0 radical (unpaired) electrons. The summed E-state index contributed by atoms with van der Waals surface area (Å²) in [5, 5.41) is 9.40. The van der Waals surface area contributed by atoms with Gasteiger partial charge in [0.2, 0.25) is 5.16 Å². The summed E-state index contributed by atoms with van der Waals surface area (Å²) in [7, 11) is 0. The minimum atomic E-state index is -4.44. The molecule has 32 heavy (non-hydrogen) atoms. The Morgan fingerprint density at radius 3 is 2.38 bits per heavy atom. The largest absolute Gasteiger partial charge is 0.485 e. The van der Waals surface area contributed by atoms with E-state index in [4.69, 9.17) is 9.47 Å². The van der Waals surface area contributed by atoms with Crippen molar-refractivity contribution in [3.8, 4) is 17.2 Å². The molecule has 5 rings (SSSR count). The van der Waals surface area contributed by atoms with Crippen molar-refractivity contribution >= 4 is 11.8 Å². The van der Waals surface area contributed by atoms with E-state index in [0.717, 1.165) is 29.7 Å². The Labute approximate surface area is 185 Å². The zero-order chi connectivity index (χ0) is 22.1. The third kappa shape index (κ3) is 4.01. The molecule has 1 atom stereocenters. The Kier molecular flexibility index (Phi) is 5.22. The normalized spacial score (nSPS) is 15.5. The second-order valence-electron chi connectivity index (χ2n) is 6.86. The van der Waals surface area contributed by atoms with Gasteiger partial charge in [-0.3, -0.25) is 4.57 Å². The molecule has 0 aliphatic carbocycles. The number of ether oxygens (including phenoxy) is 2. The van der Waals surface area contributed by atoms with Crippen LogP contribution in [0.2, 0.25) is 0 Å². The Hall–Kier alpha value is -3.53. The summed E-state index contributed by atoms with van der Waals surface area (Å²) in [5.74, 6) is 1.77. The summed E-state index contributed by atoms with van der Waals surface area (Å²) in [5.41, 5.74) is -0.0251. The molecule has 0 N–H and O–H groups in total. The van der Waals surface area contributed by atoms with Gasteiger partial charge in [0.05, 0.1) is 5.56 Å². The molecule has 0 saturated heterocycles. The van der Waals surface area contributed by atoms with Crippen molar-refractivity contribution in [2.75, 3.05) is 6.61 Å². The number of fused-ring (bicyclic) bond motifs is 1. The average Bonchev–Trinajstić information content (AvgIpc) is 3.22. The summed E-state index contributed by atoms with van der Waals surface area (Å²) < 4.78 is 52.3. The highest BCUT2D eigenvalue weighted by Crippen LogP contribution is 2.38. The molecule has 162 valence electrons. The Morgan fingerprint density at radius 2 is 1.66 bits per heavy atom. The fourth-order valence-corrected chi connectivity index (χ4v) is 4.02. The summed E-state index contributed by atoms with van der Waals surface area (Å²) >= 11 is 1.11. The van der Waals surface area contributed by atoms with Crippen LogP contribution in [0, 0.1) is 0 Å². The van der Waals surface area contributed by atoms with Crippen molar-refractivity contribution < 1.29 is 22.6 Å². The van der Waals surface area contributed by atoms with Crippen molar-refractivity contribution in [2.24, 2.45) is 0 Å². The summed E-state index contributed by atoms with van der Waals surface area (Å²) in [6.45, 7) is 0.241. The lowest BCUT2D eigenvalue weighted by Gasteiger charge is -2.26. The highest BCUT2D eigenvalue weighted by atomic mass is 32.2. The van der Waals surface area contributed by atoms with E-state index in [1.54, 1.807) is 4.57 Å². The second-order valence-corrected chi connectivity index (χ2v) is 7.85. The topological polar surface area (TPSA) is 62.1 Å².